The van der Waals surface area contributed by atoms with Crippen LogP contribution >= 0.6 is 0 Å². The van der Waals surface area contributed by atoms with Crippen molar-refractivity contribution in [2.24, 2.45) is 5.92 Å². The SMILES string of the molecule is O=C(O)CC(F)(F)C1CCOC1. The minimum atomic E-state index is -3.12. The quantitative estimate of drug-likeness (QED) is 0.708. The predicted molar refractivity (Wildman–Crippen MR) is 36.1 cm³/mol. The fourth-order valence-electron chi connectivity index (χ4n) is 1.21. The van der Waals surface area contributed by atoms with Gasteiger partial charge in [-0.1, -0.05) is 0 Å². The lowest BCUT2D eigenvalue weighted by atomic mass is 9.98. The molecule has 1 unspecified atom stereocenters. The van der Waals surface area contributed by atoms with Gasteiger partial charge < -0.3 is 9.84 Å². The van der Waals surface area contributed by atoms with Crippen LogP contribution < -0.4 is 0 Å². The topological polar surface area (TPSA) is 46.5 Å². The van der Waals surface area contributed by atoms with Crippen molar-refractivity contribution in [3.8, 4) is 0 Å². The second-order valence-electron chi connectivity index (χ2n) is 2.89. The molecule has 1 aliphatic rings. The molecule has 1 heterocycles. The molecule has 0 aromatic rings. The van der Waals surface area contributed by atoms with Gasteiger partial charge in [0.1, 0.15) is 6.42 Å². The van der Waals surface area contributed by atoms with E-state index in [9.17, 15) is 13.6 Å². The molecule has 0 spiro atoms. The van der Waals surface area contributed by atoms with Crippen LogP contribution in [-0.2, 0) is 9.53 Å². The van der Waals surface area contributed by atoms with Crippen LogP contribution in [0.2, 0.25) is 0 Å². The maximum absolute atomic E-state index is 12.9. The standard InChI is InChI=1S/C7H10F2O3/c8-7(9,3-6(10)11)5-1-2-12-4-5/h5H,1-4H2,(H,10,11). The molecule has 0 saturated carbocycles. The van der Waals surface area contributed by atoms with E-state index in [0.29, 0.717) is 6.61 Å². The molecule has 1 N–H and O–H groups in total. The Morgan fingerprint density at radius 3 is 2.75 bits per heavy atom. The molecule has 12 heavy (non-hydrogen) atoms. The van der Waals surface area contributed by atoms with Gasteiger partial charge >= 0.3 is 5.97 Å². The molecule has 5 heteroatoms. The molecule has 1 saturated heterocycles. The number of alkyl halides is 2. The first-order valence-electron chi connectivity index (χ1n) is 3.70. The summed E-state index contributed by atoms with van der Waals surface area (Å²) in [6.45, 7) is 0.278. The van der Waals surface area contributed by atoms with Gasteiger partial charge in [0.05, 0.1) is 6.61 Å². The molecule has 3 nitrogen and oxygen atoms in total. The van der Waals surface area contributed by atoms with Gasteiger partial charge in [-0.25, -0.2) is 8.78 Å². The summed E-state index contributed by atoms with van der Waals surface area (Å²) in [6.07, 6.45) is -0.846. The first kappa shape index (κ1) is 9.38. The third kappa shape index (κ3) is 2.14. The first-order chi connectivity index (χ1) is 5.52. The van der Waals surface area contributed by atoms with E-state index < -0.39 is 24.2 Å². The Hall–Kier alpha value is -0.710. The van der Waals surface area contributed by atoms with Crippen molar-refractivity contribution >= 4 is 5.97 Å². The van der Waals surface area contributed by atoms with Crippen molar-refractivity contribution in [2.45, 2.75) is 18.8 Å². The van der Waals surface area contributed by atoms with Crippen molar-refractivity contribution < 1.29 is 23.4 Å². The van der Waals surface area contributed by atoms with Gasteiger partial charge in [-0.2, -0.15) is 0 Å². The number of carboxylic acid groups (broad SMARTS) is 1. The minimum absolute atomic E-state index is 0.0275. The summed E-state index contributed by atoms with van der Waals surface area (Å²) in [4.78, 5) is 10.1. The van der Waals surface area contributed by atoms with Gasteiger partial charge in [0.2, 0.25) is 0 Å². The van der Waals surface area contributed by atoms with Crippen molar-refractivity contribution in [1.29, 1.82) is 0 Å². The molecule has 1 fully saturated rings. The third-order valence-electron chi connectivity index (χ3n) is 1.91. The lowest BCUT2D eigenvalue weighted by molar-refractivity contribution is -0.149. The highest BCUT2D eigenvalue weighted by Gasteiger charge is 2.43. The highest BCUT2D eigenvalue weighted by Crippen LogP contribution is 2.33. The van der Waals surface area contributed by atoms with E-state index in [1.54, 1.807) is 0 Å². The molecule has 0 aromatic heterocycles. The number of hydrogen-bond acceptors (Lipinski definition) is 2. The van der Waals surface area contributed by atoms with Crippen molar-refractivity contribution in [3.05, 3.63) is 0 Å². The summed E-state index contributed by atoms with van der Waals surface area (Å²) in [5.41, 5.74) is 0. The Morgan fingerprint density at radius 2 is 2.33 bits per heavy atom. The summed E-state index contributed by atoms with van der Waals surface area (Å²) < 4.78 is 30.6. The number of aliphatic carboxylic acids is 1. The van der Waals surface area contributed by atoms with Crippen molar-refractivity contribution in [2.75, 3.05) is 13.2 Å². The molecule has 0 radical (unpaired) electrons. The van der Waals surface area contributed by atoms with E-state index in [2.05, 4.69) is 0 Å². The van der Waals surface area contributed by atoms with Crippen LogP contribution in [0.4, 0.5) is 8.78 Å². The van der Waals surface area contributed by atoms with Crippen LogP contribution in [0.25, 0.3) is 0 Å². The van der Waals surface area contributed by atoms with Crippen LogP contribution in [0.5, 0.6) is 0 Å². The molecule has 1 rings (SSSR count). The van der Waals surface area contributed by atoms with Crippen LogP contribution in [0.3, 0.4) is 0 Å². The summed E-state index contributed by atoms with van der Waals surface area (Å²) in [7, 11) is 0. The van der Waals surface area contributed by atoms with E-state index in [1.807, 2.05) is 0 Å². The molecule has 0 amide bonds. The fourth-order valence-corrected chi connectivity index (χ4v) is 1.21. The largest absolute Gasteiger partial charge is 0.481 e. The normalized spacial score (nSPS) is 24.3. The van der Waals surface area contributed by atoms with E-state index in [-0.39, 0.29) is 13.0 Å². The number of ether oxygens (including phenoxy) is 1. The van der Waals surface area contributed by atoms with Crippen molar-refractivity contribution in [1.82, 2.24) is 0 Å². The number of hydrogen-bond donors (Lipinski definition) is 1. The van der Waals surface area contributed by atoms with E-state index in [0.717, 1.165) is 0 Å². The van der Waals surface area contributed by atoms with E-state index in [4.69, 9.17) is 9.84 Å². The van der Waals surface area contributed by atoms with Gasteiger partial charge in [0.25, 0.3) is 5.92 Å². The second-order valence-corrected chi connectivity index (χ2v) is 2.89. The molecular weight excluding hydrogens is 170 g/mol. The molecule has 0 aliphatic carbocycles. The van der Waals surface area contributed by atoms with Gasteiger partial charge in [0, 0.05) is 12.5 Å². The lowest BCUT2D eigenvalue weighted by Gasteiger charge is -2.19. The monoisotopic (exact) mass is 180 g/mol. The number of carbonyl (C=O) groups is 1. The third-order valence-corrected chi connectivity index (χ3v) is 1.91. The predicted octanol–water partition coefficient (Wildman–Crippen LogP) is 1.13. The highest BCUT2D eigenvalue weighted by atomic mass is 19.3. The fraction of sp³-hybridized carbons (Fsp3) is 0.857. The van der Waals surface area contributed by atoms with Crippen LogP contribution in [0.15, 0.2) is 0 Å². The molecule has 70 valence electrons. The Kier molecular flexibility index (Phi) is 2.62. The maximum atomic E-state index is 12.9. The Morgan fingerprint density at radius 1 is 1.67 bits per heavy atom. The lowest BCUT2D eigenvalue weighted by Crippen LogP contribution is -2.31. The maximum Gasteiger partial charge on any atom is 0.309 e. The first-order valence-corrected chi connectivity index (χ1v) is 3.70. The zero-order valence-electron chi connectivity index (χ0n) is 6.43. The zero-order valence-corrected chi connectivity index (χ0v) is 6.43. The van der Waals surface area contributed by atoms with Crippen LogP contribution in [-0.4, -0.2) is 30.2 Å². The van der Waals surface area contributed by atoms with Crippen LogP contribution in [0, 0.1) is 5.92 Å². The van der Waals surface area contributed by atoms with Gasteiger partial charge in [-0.05, 0) is 6.42 Å². The van der Waals surface area contributed by atoms with E-state index >= 15 is 0 Å². The van der Waals surface area contributed by atoms with E-state index in [1.165, 1.54) is 0 Å². The molecular formula is C7H10F2O3. The minimum Gasteiger partial charge on any atom is -0.481 e. The Balaban J connectivity index is 2.50. The zero-order chi connectivity index (χ0) is 9.19. The summed E-state index contributed by atoms with van der Waals surface area (Å²) in [6, 6.07) is 0. The Bertz CT molecular complexity index is 175. The average molecular weight is 180 g/mol. The molecule has 0 aromatic carbocycles. The van der Waals surface area contributed by atoms with Gasteiger partial charge in [-0.3, -0.25) is 4.79 Å². The van der Waals surface area contributed by atoms with Crippen molar-refractivity contribution in [3.63, 3.8) is 0 Å². The second kappa shape index (κ2) is 3.35. The van der Waals surface area contributed by atoms with Gasteiger partial charge in [0.15, 0.2) is 0 Å². The number of carboxylic acids is 1. The summed E-state index contributed by atoms with van der Waals surface area (Å²) in [5.74, 6) is -5.51. The Labute approximate surface area is 68.3 Å². The van der Waals surface area contributed by atoms with Gasteiger partial charge in [-0.15, -0.1) is 0 Å². The number of rotatable bonds is 3. The summed E-state index contributed by atoms with van der Waals surface area (Å²) >= 11 is 0. The molecule has 1 aliphatic heterocycles. The van der Waals surface area contributed by atoms with Crippen LogP contribution in [0.1, 0.15) is 12.8 Å². The molecule has 1 atom stereocenters. The summed E-state index contributed by atoms with van der Waals surface area (Å²) in [5, 5.41) is 8.19. The number of halogens is 2. The highest BCUT2D eigenvalue weighted by molar-refractivity contribution is 5.67. The molecule has 0 bridgehead atoms. The smallest absolute Gasteiger partial charge is 0.309 e. The average Bonchev–Trinajstić information content (AvgIpc) is 2.32.